The highest BCUT2D eigenvalue weighted by atomic mass is 16.1. The molecule has 1 amide bonds. The zero-order valence-corrected chi connectivity index (χ0v) is 11.5. The summed E-state index contributed by atoms with van der Waals surface area (Å²) in [4.78, 5) is 14.2. The number of hydrogen-bond acceptors (Lipinski definition) is 3. The van der Waals surface area contributed by atoms with E-state index in [0.29, 0.717) is 6.42 Å². The molecule has 1 fully saturated rings. The summed E-state index contributed by atoms with van der Waals surface area (Å²) in [5, 5.41) is 11.6. The Balaban J connectivity index is 2.23. The van der Waals surface area contributed by atoms with E-state index in [4.69, 9.17) is 5.26 Å². The quantitative estimate of drug-likeness (QED) is 0.703. The standard InChI is InChI=1S/C14H25N3O/c1-2-3-4-9-16-14(18)13-7-5-10-17(12-13)11-6-8-15/h13H,2-7,9-12H2,1H3,(H,16,18). The highest BCUT2D eigenvalue weighted by molar-refractivity contribution is 5.78. The molecule has 102 valence electrons. The Morgan fingerprint density at radius 3 is 3.06 bits per heavy atom. The molecule has 4 heteroatoms. The van der Waals surface area contributed by atoms with E-state index in [0.717, 1.165) is 45.4 Å². The Morgan fingerprint density at radius 2 is 2.33 bits per heavy atom. The minimum atomic E-state index is 0.124. The summed E-state index contributed by atoms with van der Waals surface area (Å²) in [6.07, 6.45) is 6.06. The van der Waals surface area contributed by atoms with Gasteiger partial charge in [-0.05, 0) is 25.8 Å². The van der Waals surface area contributed by atoms with Gasteiger partial charge in [-0.25, -0.2) is 0 Å². The number of likely N-dealkylation sites (tertiary alicyclic amines) is 1. The van der Waals surface area contributed by atoms with Gasteiger partial charge in [0.2, 0.25) is 5.91 Å². The van der Waals surface area contributed by atoms with Crippen molar-refractivity contribution in [3.05, 3.63) is 0 Å². The largest absolute Gasteiger partial charge is 0.356 e. The average Bonchev–Trinajstić information content (AvgIpc) is 2.41. The van der Waals surface area contributed by atoms with Gasteiger partial charge in [0.1, 0.15) is 0 Å². The summed E-state index contributed by atoms with van der Waals surface area (Å²) in [5.74, 6) is 0.326. The number of nitrogens with zero attached hydrogens (tertiary/aromatic N) is 2. The van der Waals surface area contributed by atoms with Crippen molar-refractivity contribution in [1.29, 1.82) is 5.26 Å². The van der Waals surface area contributed by atoms with E-state index in [2.05, 4.69) is 23.2 Å². The molecule has 1 heterocycles. The first kappa shape index (κ1) is 15.0. The third-order valence-electron chi connectivity index (χ3n) is 3.50. The van der Waals surface area contributed by atoms with E-state index in [9.17, 15) is 4.79 Å². The van der Waals surface area contributed by atoms with Crippen molar-refractivity contribution in [2.45, 2.75) is 45.4 Å². The van der Waals surface area contributed by atoms with Gasteiger partial charge in [0.25, 0.3) is 0 Å². The maximum absolute atomic E-state index is 12.0. The number of carbonyl (C=O) groups is 1. The second kappa shape index (κ2) is 8.93. The molecule has 0 bridgehead atoms. The van der Waals surface area contributed by atoms with E-state index in [1.807, 2.05) is 0 Å². The Labute approximate surface area is 110 Å². The lowest BCUT2D eigenvalue weighted by molar-refractivity contribution is -0.126. The van der Waals surface area contributed by atoms with Crippen LogP contribution in [0.25, 0.3) is 0 Å². The molecule has 1 unspecified atom stereocenters. The fourth-order valence-corrected chi connectivity index (χ4v) is 2.41. The lowest BCUT2D eigenvalue weighted by Gasteiger charge is -2.31. The lowest BCUT2D eigenvalue weighted by atomic mass is 9.97. The van der Waals surface area contributed by atoms with Gasteiger partial charge in [-0.15, -0.1) is 0 Å². The summed E-state index contributed by atoms with van der Waals surface area (Å²) >= 11 is 0. The van der Waals surface area contributed by atoms with Gasteiger partial charge in [-0.2, -0.15) is 5.26 Å². The SMILES string of the molecule is CCCCCNC(=O)C1CCCN(CCC#N)C1. The van der Waals surface area contributed by atoms with Gasteiger partial charge in [-0.3, -0.25) is 4.79 Å². The van der Waals surface area contributed by atoms with Crippen LogP contribution in [0, 0.1) is 17.2 Å². The summed E-state index contributed by atoms with van der Waals surface area (Å²) < 4.78 is 0. The molecule has 0 aliphatic carbocycles. The van der Waals surface area contributed by atoms with Crippen molar-refractivity contribution in [1.82, 2.24) is 10.2 Å². The number of piperidine rings is 1. The van der Waals surface area contributed by atoms with Crippen molar-refractivity contribution < 1.29 is 4.79 Å². The average molecular weight is 251 g/mol. The molecule has 0 saturated carbocycles. The zero-order valence-electron chi connectivity index (χ0n) is 11.5. The smallest absolute Gasteiger partial charge is 0.224 e. The van der Waals surface area contributed by atoms with Crippen LogP contribution in [0.5, 0.6) is 0 Å². The Hall–Kier alpha value is -1.08. The molecule has 1 rings (SSSR count). The molecular weight excluding hydrogens is 226 g/mol. The fourth-order valence-electron chi connectivity index (χ4n) is 2.41. The molecule has 0 radical (unpaired) electrons. The molecule has 0 aromatic rings. The third-order valence-corrected chi connectivity index (χ3v) is 3.50. The van der Waals surface area contributed by atoms with E-state index < -0.39 is 0 Å². The van der Waals surface area contributed by atoms with E-state index in [-0.39, 0.29) is 11.8 Å². The number of nitrogens with one attached hydrogen (secondary N) is 1. The van der Waals surface area contributed by atoms with Gasteiger partial charge >= 0.3 is 0 Å². The van der Waals surface area contributed by atoms with Gasteiger partial charge in [0, 0.05) is 26.1 Å². The van der Waals surface area contributed by atoms with Crippen molar-refractivity contribution in [3.63, 3.8) is 0 Å². The van der Waals surface area contributed by atoms with Gasteiger partial charge in [0.15, 0.2) is 0 Å². The second-order valence-electron chi connectivity index (χ2n) is 5.05. The normalized spacial score (nSPS) is 20.3. The maximum atomic E-state index is 12.0. The van der Waals surface area contributed by atoms with Crippen LogP contribution < -0.4 is 5.32 Å². The highest BCUT2D eigenvalue weighted by Crippen LogP contribution is 2.16. The molecule has 0 aromatic heterocycles. The van der Waals surface area contributed by atoms with Crippen molar-refractivity contribution >= 4 is 5.91 Å². The summed E-state index contributed by atoms with van der Waals surface area (Å²) in [5.41, 5.74) is 0. The Kier molecular flexibility index (Phi) is 7.43. The first-order valence-electron chi connectivity index (χ1n) is 7.15. The van der Waals surface area contributed by atoms with Crippen molar-refractivity contribution in [2.75, 3.05) is 26.2 Å². The van der Waals surface area contributed by atoms with Gasteiger partial charge in [0.05, 0.1) is 12.0 Å². The van der Waals surface area contributed by atoms with E-state index in [1.165, 1.54) is 12.8 Å². The fraction of sp³-hybridized carbons (Fsp3) is 0.857. The van der Waals surface area contributed by atoms with Crippen LogP contribution in [-0.4, -0.2) is 37.0 Å². The zero-order chi connectivity index (χ0) is 13.2. The molecule has 1 saturated heterocycles. The highest BCUT2D eigenvalue weighted by Gasteiger charge is 2.24. The topological polar surface area (TPSA) is 56.1 Å². The lowest BCUT2D eigenvalue weighted by Crippen LogP contribution is -2.43. The minimum Gasteiger partial charge on any atom is -0.356 e. The number of amides is 1. The van der Waals surface area contributed by atoms with Crippen molar-refractivity contribution in [3.8, 4) is 6.07 Å². The monoisotopic (exact) mass is 251 g/mol. The first-order chi connectivity index (χ1) is 8.77. The number of carbonyl (C=O) groups excluding carboxylic acids is 1. The van der Waals surface area contributed by atoms with Crippen LogP contribution in [0.2, 0.25) is 0 Å². The molecule has 1 aliphatic heterocycles. The maximum Gasteiger partial charge on any atom is 0.224 e. The van der Waals surface area contributed by atoms with Gasteiger partial charge in [-0.1, -0.05) is 19.8 Å². The summed E-state index contributed by atoms with van der Waals surface area (Å²) in [6, 6.07) is 2.17. The Bertz CT molecular complexity index is 285. The van der Waals surface area contributed by atoms with Crippen LogP contribution in [0.15, 0.2) is 0 Å². The molecule has 0 spiro atoms. The second-order valence-corrected chi connectivity index (χ2v) is 5.05. The minimum absolute atomic E-state index is 0.124. The molecule has 18 heavy (non-hydrogen) atoms. The molecule has 1 aliphatic rings. The summed E-state index contributed by atoms with van der Waals surface area (Å²) in [6.45, 7) is 5.62. The third kappa shape index (κ3) is 5.50. The first-order valence-corrected chi connectivity index (χ1v) is 7.15. The number of nitriles is 1. The molecule has 0 aromatic carbocycles. The van der Waals surface area contributed by atoms with Crippen LogP contribution >= 0.6 is 0 Å². The number of hydrogen-bond donors (Lipinski definition) is 1. The molecule has 1 atom stereocenters. The van der Waals surface area contributed by atoms with E-state index >= 15 is 0 Å². The molecule has 4 nitrogen and oxygen atoms in total. The Morgan fingerprint density at radius 1 is 1.50 bits per heavy atom. The molecule has 1 N–H and O–H groups in total. The van der Waals surface area contributed by atoms with Gasteiger partial charge < -0.3 is 10.2 Å². The van der Waals surface area contributed by atoms with Crippen molar-refractivity contribution in [2.24, 2.45) is 5.92 Å². The van der Waals surface area contributed by atoms with Crippen LogP contribution in [0.4, 0.5) is 0 Å². The van der Waals surface area contributed by atoms with Crippen LogP contribution in [-0.2, 0) is 4.79 Å². The summed E-state index contributed by atoms with van der Waals surface area (Å²) in [7, 11) is 0. The number of unbranched alkanes of at least 4 members (excludes halogenated alkanes) is 2. The predicted molar refractivity (Wildman–Crippen MR) is 71.9 cm³/mol. The van der Waals surface area contributed by atoms with E-state index in [1.54, 1.807) is 0 Å². The molecular formula is C14H25N3O. The number of rotatable bonds is 7. The van der Waals surface area contributed by atoms with Crippen LogP contribution in [0.3, 0.4) is 0 Å². The predicted octanol–water partition coefficient (Wildman–Crippen LogP) is 1.92. The van der Waals surface area contributed by atoms with Crippen LogP contribution in [0.1, 0.15) is 45.4 Å².